The summed E-state index contributed by atoms with van der Waals surface area (Å²) in [7, 11) is 0. The van der Waals surface area contributed by atoms with Gasteiger partial charge in [0, 0.05) is 68.3 Å². The summed E-state index contributed by atoms with van der Waals surface area (Å²) in [6.07, 6.45) is 27.3. The van der Waals surface area contributed by atoms with Crippen LogP contribution in [0.2, 0.25) is 0 Å². The molecule has 0 saturated carbocycles. The first-order chi connectivity index (χ1) is 19.4. The Morgan fingerprint density at radius 2 is 1.27 bits per heavy atom. The molecule has 0 fully saturated rings. The van der Waals surface area contributed by atoms with Crippen LogP contribution in [0.5, 0.6) is 0 Å². The summed E-state index contributed by atoms with van der Waals surface area (Å²) in [5, 5.41) is 3.56. The Labute approximate surface area is 249 Å². The number of nitrogens with zero attached hydrogens (tertiary/aromatic N) is 5. The summed E-state index contributed by atoms with van der Waals surface area (Å²) in [6, 6.07) is 8.54. The molecule has 0 atom stereocenters. The second-order valence-electron chi connectivity index (χ2n) is 10.4. The van der Waals surface area contributed by atoms with Crippen molar-refractivity contribution in [1.29, 1.82) is 0 Å². The average molecular weight is 575 g/mol. The van der Waals surface area contributed by atoms with Gasteiger partial charge in [0.15, 0.2) is 12.4 Å². The highest BCUT2D eigenvalue weighted by atomic mass is 35.5. The Kier molecular flexibility index (Phi) is 24.2. The van der Waals surface area contributed by atoms with Crippen LogP contribution in [0.15, 0.2) is 54.2 Å². The van der Waals surface area contributed by atoms with Crippen molar-refractivity contribution in [2.24, 2.45) is 5.11 Å². The predicted octanol–water partition coefficient (Wildman–Crippen LogP) is 8.38. The van der Waals surface area contributed by atoms with Gasteiger partial charge in [-0.1, -0.05) is 56.1 Å². The fourth-order valence-corrected chi connectivity index (χ4v) is 4.71. The third-order valence-corrected chi connectivity index (χ3v) is 6.97. The lowest BCUT2D eigenvalue weighted by molar-refractivity contribution is -0.697. The molecule has 0 aliphatic carbocycles. The van der Waals surface area contributed by atoms with E-state index in [0.717, 1.165) is 84.3 Å². The highest BCUT2D eigenvalue weighted by molar-refractivity contribution is 5.85. The zero-order valence-corrected chi connectivity index (χ0v) is 25.5. The Morgan fingerprint density at radius 1 is 0.700 bits per heavy atom. The fourth-order valence-electron chi connectivity index (χ4n) is 4.71. The van der Waals surface area contributed by atoms with Crippen LogP contribution in [-0.2, 0) is 28.9 Å². The van der Waals surface area contributed by atoms with Gasteiger partial charge >= 0.3 is 0 Å². The zero-order valence-electron chi connectivity index (χ0n) is 24.6. The van der Waals surface area contributed by atoms with Crippen LogP contribution in [0.3, 0.4) is 0 Å². The maximum absolute atomic E-state index is 8.25. The van der Waals surface area contributed by atoms with E-state index in [4.69, 9.17) is 15.0 Å². The lowest BCUT2D eigenvalue weighted by atomic mass is 10.1. The molecule has 224 valence electrons. The molecule has 2 aromatic rings. The molecule has 8 heteroatoms. The van der Waals surface area contributed by atoms with Crippen LogP contribution in [0.4, 0.5) is 0 Å². The van der Waals surface area contributed by atoms with Gasteiger partial charge in [0.05, 0.1) is 0 Å². The van der Waals surface area contributed by atoms with E-state index in [1.807, 2.05) is 18.5 Å². The summed E-state index contributed by atoms with van der Waals surface area (Å²) in [6.45, 7) is 5.14. The summed E-state index contributed by atoms with van der Waals surface area (Å²) < 4.78 is 13.9. The van der Waals surface area contributed by atoms with Gasteiger partial charge in [-0.05, 0) is 74.6 Å². The van der Waals surface area contributed by atoms with E-state index in [9.17, 15) is 0 Å². The standard InChI is InChI=1S/C32H52N5O2.ClH/c33-36-35-22-9-5-8-12-26-39-28-16-20-32-18-14-24-37(30-32)23-10-6-3-1-2-4-7-11-25-38-27-15-19-31-17-13-21-34-29-31;/h13-14,17-18,21,24,29-30H,1-12,15-16,19-20,22-23,25-28H2;1H/q+1;. The van der Waals surface area contributed by atoms with Crippen LogP contribution in [0.1, 0.15) is 101 Å². The van der Waals surface area contributed by atoms with Crippen LogP contribution in [-0.4, -0.2) is 38.0 Å². The molecule has 40 heavy (non-hydrogen) atoms. The number of aryl methyl sites for hydroxylation is 3. The number of hydrogen-bond acceptors (Lipinski definition) is 4. The van der Waals surface area contributed by atoms with Crippen LogP contribution < -0.4 is 4.57 Å². The number of aromatic nitrogens is 2. The first-order valence-corrected chi connectivity index (χ1v) is 15.4. The van der Waals surface area contributed by atoms with E-state index in [0.29, 0.717) is 6.54 Å². The molecule has 0 spiro atoms. The maximum Gasteiger partial charge on any atom is 0.171 e. The van der Waals surface area contributed by atoms with Gasteiger partial charge in [-0.3, -0.25) is 4.98 Å². The third-order valence-electron chi connectivity index (χ3n) is 6.97. The van der Waals surface area contributed by atoms with Gasteiger partial charge in [0.2, 0.25) is 0 Å². The number of azide groups is 1. The molecular formula is C32H53ClN5O2+. The van der Waals surface area contributed by atoms with Crippen molar-refractivity contribution in [3.63, 3.8) is 0 Å². The van der Waals surface area contributed by atoms with Crippen LogP contribution in [0, 0.1) is 0 Å². The molecular weight excluding hydrogens is 522 g/mol. The quantitative estimate of drug-likeness (QED) is 0.0372. The third kappa shape index (κ3) is 20.7. The van der Waals surface area contributed by atoms with Crippen molar-refractivity contribution in [2.75, 3.05) is 33.0 Å². The summed E-state index contributed by atoms with van der Waals surface area (Å²) in [4.78, 5) is 6.93. The molecule has 7 nitrogen and oxygen atoms in total. The smallest absolute Gasteiger partial charge is 0.171 e. The van der Waals surface area contributed by atoms with Gasteiger partial charge in [0.25, 0.3) is 0 Å². The molecule has 0 aromatic carbocycles. The Hall–Kier alpha value is -2.18. The van der Waals surface area contributed by atoms with Crippen molar-refractivity contribution in [1.82, 2.24) is 4.98 Å². The minimum atomic E-state index is 0. The van der Waals surface area contributed by atoms with Gasteiger partial charge in [-0.15, -0.1) is 12.4 Å². The van der Waals surface area contributed by atoms with Gasteiger partial charge in [0.1, 0.15) is 6.54 Å². The topological polar surface area (TPSA) is 84.0 Å². The van der Waals surface area contributed by atoms with Crippen molar-refractivity contribution in [3.05, 3.63) is 70.6 Å². The predicted molar refractivity (Wildman–Crippen MR) is 166 cm³/mol. The van der Waals surface area contributed by atoms with Crippen molar-refractivity contribution in [3.8, 4) is 0 Å². The lowest BCUT2D eigenvalue weighted by Gasteiger charge is -2.05. The number of pyridine rings is 2. The molecule has 2 rings (SSSR count). The molecule has 2 aromatic heterocycles. The Balaban J connectivity index is 0.00000800. The maximum atomic E-state index is 8.25. The van der Waals surface area contributed by atoms with E-state index < -0.39 is 0 Å². The SMILES string of the molecule is Cl.[N-]=[N+]=NCCCCCCOCCCc1ccc[n+](CCCCCCCCCCOCCCc2cccnc2)c1. The van der Waals surface area contributed by atoms with E-state index in [1.165, 1.54) is 62.5 Å². The lowest BCUT2D eigenvalue weighted by Crippen LogP contribution is -2.33. The zero-order chi connectivity index (χ0) is 27.5. The number of halogens is 1. The minimum absolute atomic E-state index is 0. The summed E-state index contributed by atoms with van der Waals surface area (Å²) >= 11 is 0. The molecule has 2 heterocycles. The number of rotatable bonds is 26. The van der Waals surface area contributed by atoms with E-state index in [-0.39, 0.29) is 12.4 Å². The first kappa shape index (κ1) is 35.8. The molecule has 0 aliphatic rings. The largest absolute Gasteiger partial charge is 0.381 e. The van der Waals surface area contributed by atoms with E-state index in [2.05, 4.69) is 50.2 Å². The first-order valence-electron chi connectivity index (χ1n) is 15.4. The van der Waals surface area contributed by atoms with Gasteiger partial charge in [-0.25, -0.2) is 4.57 Å². The highest BCUT2D eigenvalue weighted by Crippen LogP contribution is 2.09. The van der Waals surface area contributed by atoms with Crippen molar-refractivity contribution in [2.45, 2.75) is 109 Å². The fraction of sp³-hybridized carbons (Fsp3) is 0.688. The molecule has 0 unspecified atom stereocenters. The number of hydrogen-bond donors (Lipinski definition) is 0. The Bertz CT molecular complexity index is 881. The Morgan fingerprint density at radius 3 is 1.93 bits per heavy atom. The molecule has 0 saturated heterocycles. The summed E-state index contributed by atoms with van der Waals surface area (Å²) in [5.74, 6) is 0. The average Bonchev–Trinajstić information content (AvgIpc) is 2.97. The van der Waals surface area contributed by atoms with Crippen LogP contribution >= 0.6 is 12.4 Å². The second-order valence-corrected chi connectivity index (χ2v) is 10.4. The van der Waals surface area contributed by atoms with Gasteiger partial charge in [-0.2, -0.15) is 0 Å². The van der Waals surface area contributed by atoms with E-state index >= 15 is 0 Å². The van der Waals surface area contributed by atoms with Crippen LogP contribution in [0.25, 0.3) is 10.4 Å². The molecule has 0 bridgehead atoms. The van der Waals surface area contributed by atoms with Crippen molar-refractivity contribution < 1.29 is 14.0 Å². The van der Waals surface area contributed by atoms with Gasteiger partial charge < -0.3 is 9.47 Å². The molecule has 0 radical (unpaired) electrons. The monoisotopic (exact) mass is 574 g/mol. The second kappa shape index (κ2) is 27.0. The molecule has 0 aliphatic heterocycles. The normalized spacial score (nSPS) is 10.7. The number of unbranched alkanes of at least 4 members (excludes halogenated alkanes) is 10. The van der Waals surface area contributed by atoms with E-state index in [1.54, 1.807) is 0 Å². The minimum Gasteiger partial charge on any atom is -0.381 e. The molecule has 0 N–H and O–H groups in total. The van der Waals surface area contributed by atoms with Crippen molar-refractivity contribution >= 4 is 12.4 Å². The molecule has 0 amide bonds. The number of ether oxygens (including phenoxy) is 2. The summed E-state index contributed by atoms with van der Waals surface area (Å²) in [5.41, 5.74) is 11.0. The highest BCUT2D eigenvalue weighted by Gasteiger charge is 2.03.